The van der Waals surface area contributed by atoms with Gasteiger partial charge in [0.25, 0.3) is 0 Å². The van der Waals surface area contributed by atoms with Crippen LogP contribution in [-0.2, 0) is 12.8 Å². The van der Waals surface area contributed by atoms with Crippen LogP contribution in [0, 0.1) is 11.3 Å². The minimum atomic E-state index is 0.735. The van der Waals surface area contributed by atoms with E-state index in [1.54, 1.807) is 0 Å². The summed E-state index contributed by atoms with van der Waals surface area (Å²) in [6.45, 7) is 2.09. The van der Waals surface area contributed by atoms with Crippen molar-refractivity contribution in [1.82, 2.24) is 4.98 Å². The van der Waals surface area contributed by atoms with Crippen LogP contribution < -0.4 is 0 Å². The third kappa shape index (κ3) is 3.10. The monoisotopic (exact) mass is 276 g/mol. The lowest BCUT2D eigenvalue weighted by atomic mass is 10.1. The first kappa shape index (κ1) is 13.1. The third-order valence-electron chi connectivity index (χ3n) is 2.57. The molecule has 0 amide bonds. The maximum absolute atomic E-state index is 9.07. The van der Waals surface area contributed by atoms with Gasteiger partial charge < -0.3 is 0 Å². The Hall–Kier alpha value is -1.37. The largest absolute Gasteiger partial charge is 0.244 e. The van der Waals surface area contributed by atoms with Crippen molar-refractivity contribution in [3.8, 4) is 6.07 Å². The Morgan fingerprint density at radius 2 is 2.28 bits per heavy atom. The van der Waals surface area contributed by atoms with Crippen LogP contribution in [0.5, 0.6) is 0 Å². The lowest BCUT2D eigenvalue weighted by Gasteiger charge is -1.98. The van der Waals surface area contributed by atoms with Gasteiger partial charge in [-0.05, 0) is 24.1 Å². The van der Waals surface area contributed by atoms with Gasteiger partial charge in [-0.25, -0.2) is 4.98 Å². The Morgan fingerprint density at radius 3 is 2.94 bits per heavy atom. The van der Waals surface area contributed by atoms with Crippen molar-refractivity contribution in [1.29, 1.82) is 5.26 Å². The summed E-state index contributed by atoms with van der Waals surface area (Å²) in [6, 6.07) is 9.98. The molecule has 1 aromatic heterocycles. The summed E-state index contributed by atoms with van der Waals surface area (Å²) in [5.74, 6) is 0. The van der Waals surface area contributed by atoms with Crippen LogP contribution in [0.1, 0.15) is 34.5 Å². The summed E-state index contributed by atoms with van der Waals surface area (Å²) < 4.78 is 0. The van der Waals surface area contributed by atoms with Gasteiger partial charge in [-0.2, -0.15) is 5.26 Å². The molecular weight excluding hydrogens is 264 g/mol. The van der Waals surface area contributed by atoms with Gasteiger partial charge in [0.05, 0.1) is 10.7 Å². The molecule has 0 N–H and O–H groups in total. The number of nitriles is 1. The molecule has 0 aliphatic rings. The summed E-state index contributed by atoms with van der Waals surface area (Å²) in [6.07, 6.45) is 2.62. The van der Waals surface area contributed by atoms with Crippen LogP contribution in [0.3, 0.4) is 0 Å². The van der Waals surface area contributed by atoms with Crippen molar-refractivity contribution in [2.45, 2.75) is 26.2 Å². The first-order valence-electron chi connectivity index (χ1n) is 5.86. The molecule has 2 aromatic rings. The number of hydrogen-bond donors (Lipinski definition) is 0. The molecule has 0 fully saturated rings. The molecule has 0 aliphatic carbocycles. The molecule has 0 spiro atoms. The zero-order chi connectivity index (χ0) is 13.0. The molecule has 0 atom stereocenters. The van der Waals surface area contributed by atoms with E-state index in [9.17, 15) is 0 Å². The summed E-state index contributed by atoms with van der Waals surface area (Å²) in [7, 11) is 0. The Labute approximate surface area is 116 Å². The fraction of sp³-hybridized carbons (Fsp3) is 0.286. The van der Waals surface area contributed by atoms with Gasteiger partial charge in [-0.1, -0.05) is 37.1 Å². The minimum absolute atomic E-state index is 0.735. The second-order valence-corrected chi connectivity index (χ2v) is 5.57. The number of halogens is 1. The Balaban J connectivity index is 2.22. The zero-order valence-corrected chi connectivity index (χ0v) is 11.7. The molecule has 0 saturated heterocycles. The zero-order valence-electron chi connectivity index (χ0n) is 10.1. The van der Waals surface area contributed by atoms with Gasteiger partial charge in [0, 0.05) is 11.4 Å². The standard InChI is InChI=1S/C14H13ClN2S/c1-2-4-12-13(9-16)18-14(17-12)8-10-5-3-6-11(15)7-10/h3,5-7H,2,4,8H2,1H3. The molecule has 1 aromatic carbocycles. The molecule has 0 radical (unpaired) electrons. The van der Waals surface area contributed by atoms with E-state index in [-0.39, 0.29) is 0 Å². The normalized spacial score (nSPS) is 10.3. The van der Waals surface area contributed by atoms with Crippen molar-refractivity contribution < 1.29 is 0 Å². The van der Waals surface area contributed by atoms with E-state index in [0.29, 0.717) is 0 Å². The highest BCUT2D eigenvalue weighted by Gasteiger charge is 2.10. The van der Waals surface area contributed by atoms with E-state index < -0.39 is 0 Å². The van der Waals surface area contributed by atoms with Crippen LogP contribution in [0.4, 0.5) is 0 Å². The van der Waals surface area contributed by atoms with Crippen LogP contribution in [-0.4, -0.2) is 4.98 Å². The SMILES string of the molecule is CCCc1nc(Cc2cccc(Cl)c2)sc1C#N. The number of thiazole rings is 1. The maximum Gasteiger partial charge on any atom is 0.128 e. The van der Waals surface area contributed by atoms with Gasteiger partial charge >= 0.3 is 0 Å². The summed E-state index contributed by atoms with van der Waals surface area (Å²) in [5, 5.41) is 10.8. The molecule has 0 aliphatic heterocycles. The van der Waals surface area contributed by atoms with Crippen molar-refractivity contribution >= 4 is 22.9 Å². The molecule has 0 bridgehead atoms. The van der Waals surface area contributed by atoms with Gasteiger partial charge in [-0.15, -0.1) is 11.3 Å². The molecular formula is C14H13ClN2S. The quantitative estimate of drug-likeness (QED) is 0.839. The van der Waals surface area contributed by atoms with Gasteiger partial charge in [0.15, 0.2) is 0 Å². The molecule has 18 heavy (non-hydrogen) atoms. The highest BCUT2D eigenvalue weighted by molar-refractivity contribution is 7.12. The summed E-state index contributed by atoms with van der Waals surface area (Å²) in [4.78, 5) is 5.29. The van der Waals surface area contributed by atoms with E-state index in [1.807, 2.05) is 24.3 Å². The maximum atomic E-state index is 9.07. The molecule has 1 heterocycles. The first-order valence-corrected chi connectivity index (χ1v) is 7.05. The fourth-order valence-corrected chi connectivity index (χ4v) is 2.95. The number of aromatic nitrogens is 1. The van der Waals surface area contributed by atoms with E-state index in [2.05, 4.69) is 18.0 Å². The molecule has 0 saturated carbocycles. The molecule has 0 unspecified atom stereocenters. The van der Waals surface area contributed by atoms with Gasteiger partial charge in [0.2, 0.25) is 0 Å². The number of benzene rings is 1. The summed E-state index contributed by atoms with van der Waals surface area (Å²) in [5.41, 5.74) is 2.06. The van der Waals surface area contributed by atoms with Crippen molar-refractivity contribution in [2.75, 3.05) is 0 Å². The number of rotatable bonds is 4. The van der Waals surface area contributed by atoms with E-state index in [4.69, 9.17) is 16.9 Å². The summed E-state index contributed by atoms with van der Waals surface area (Å²) >= 11 is 7.44. The average Bonchev–Trinajstić information content (AvgIpc) is 2.72. The number of aryl methyl sites for hydroxylation is 1. The lowest BCUT2D eigenvalue weighted by molar-refractivity contribution is 0.880. The molecule has 4 heteroatoms. The predicted molar refractivity (Wildman–Crippen MR) is 75.1 cm³/mol. The average molecular weight is 277 g/mol. The second kappa shape index (κ2) is 5.99. The van der Waals surface area contributed by atoms with Gasteiger partial charge in [0.1, 0.15) is 10.9 Å². The van der Waals surface area contributed by atoms with Crippen LogP contribution in [0.15, 0.2) is 24.3 Å². The Kier molecular flexibility index (Phi) is 4.35. The van der Waals surface area contributed by atoms with E-state index in [0.717, 1.165) is 45.4 Å². The topological polar surface area (TPSA) is 36.7 Å². The minimum Gasteiger partial charge on any atom is -0.244 e. The third-order valence-corrected chi connectivity index (χ3v) is 3.81. The van der Waals surface area contributed by atoms with Crippen molar-refractivity contribution in [3.63, 3.8) is 0 Å². The lowest BCUT2D eigenvalue weighted by Crippen LogP contribution is -1.90. The highest BCUT2D eigenvalue weighted by atomic mass is 35.5. The number of nitrogens with zero attached hydrogens (tertiary/aromatic N) is 2. The van der Waals surface area contributed by atoms with Gasteiger partial charge in [-0.3, -0.25) is 0 Å². The fourth-order valence-electron chi connectivity index (χ4n) is 1.79. The van der Waals surface area contributed by atoms with Crippen molar-refractivity contribution in [3.05, 3.63) is 50.4 Å². The van der Waals surface area contributed by atoms with Crippen molar-refractivity contribution in [2.24, 2.45) is 0 Å². The van der Waals surface area contributed by atoms with Crippen LogP contribution in [0.25, 0.3) is 0 Å². The van der Waals surface area contributed by atoms with Crippen LogP contribution in [0.2, 0.25) is 5.02 Å². The molecule has 2 nitrogen and oxygen atoms in total. The van der Waals surface area contributed by atoms with Crippen LogP contribution >= 0.6 is 22.9 Å². The Bertz CT molecular complexity index is 584. The van der Waals surface area contributed by atoms with E-state index in [1.165, 1.54) is 11.3 Å². The predicted octanol–water partition coefficient (Wildman–Crippen LogP) is 4.21. The second-order valence-electron chi connectivity index (χ2n) is 4.05. The highest BCUT2D eigenvalue weighted by Crippen LogP contribution is 2.22. The molecule has 92 valence electrons. The molecule has 2 rings (SSSR count). The van der Waals surface area contributed by atoms with E-state index >= 15 is 0 Å². The number of hydrogen-bond acceptors (Lipinski definition) is 3. The first-order chi connectivity index (χ1) is 8.72. The smallest absolute Gasteiger partial charge is 0.128 e. The Morgan fingerprint density at radius 1 is 1.44 bits per heavy atom.